The Morgan fingerprint density at radius 3 is 2.17 bits per heavy atom. The molecule has 0 aliphatic heterocycles. The van der Waals surface area contributed by atoms with E-state index in [1.54, 1.807) is 42.5 Å². The summed E-state index contributed by atoms with van der Waals surface area (Å²) in [6.45, 7) is 2.27. The summed E-state index contributed by atoms with van der Waals surface area (Å²) in [5.41, 5.74) is 3.22. The van der Waals surface area contributed by atoms with E-state index < -0.39 is 11.9 Å². The fourth-order valence-electron chi connectivity index (χ4n) is 3.79. The number of hydrogen-bond donors (Lipinski definition) is 0. The number of aryl methyl sites for hydroxylation is 1. The zero-order valence-corrected chi connectivity index (χ0v) is 20.5. The van der Waals surface area contributed by atoms with Crippen molar-refractivity contribution in [2.24, 2.45) is 0 Å². The van der Waals surface area contributed by atoms with Gasteiger partial charge in [-0.2, -0.15) is 5.10 Å². The summed E-state index contributed by atoms with van der Waals surface area (Å²) in [4.78, 5) is 25.9. The first kappa shape index (κ1) is 24.5. The number of hydrogen-bond acceptors (Lipinski definition) is 7. The lowest BCUT2D eigenvalue weighted by Crippen LogP contribution is -2.15. The van der Waals surface area contributed by atoms with Crippen molar-refractivity contribution < 1.29 is 28.5 Å². The molecule has 0 radical (unpaired) electrons. The Bertz CT molecular complexity index is 1380. The van der Waals surface area contributed by atoms with E-state index in [9.17, 15) is 9.59 Å². The van der Waals surface area contributed by atoms with Gasteiger partial charge in [-0.15, -0.1) is 0 Å². The molecule has 0 atom stereocenters. The van der Waals surface area contributed by atoms with Gasteiger partial charge in [-0.05, 0) is 36.8 Å². The molecule has 3 aromatic carbocycles. The van der Waals surface area contributed by atoms with Crippen LogP contribution in [0.5, 0.6) is 11.5 Å². The van der Waals surface area contributed by atoms with E-state index >= 15 is 0 Å². The van der Waals surface area contributed by atoms with Gasteiger partial charge in [0, 0.05) is 5.56 Å². The van der Waals surface area contributed by atoms with Crippen LogP contribution >= 0.6 is 0 Å². The number of esters is 2. The lowest BCUT2D eigenvalue weighted by atomic mass is 10.0. The van der Waals surface area contributed by atoms with Crippen LogP contribution < -0.4 is 9.47 Å². The molecule has 184 valence electrons. The fourth-order valence-corrected chi connectivity index (χ4v) is 3.79. The van der Waals surface area contributed by atoms with Crippen LogP contribution in [0.15, 0.2) is 72.8 Å². The average molecular weight is 487 g/mol. The largest absolute Gasteiger partial charge is 0.493 e. The molecule has 36 heavy (non-hydrogen) atoms. The highest BCUT2D eigenvalue weighted by Crippen LogP contribution is 2.41. The minimum atomic E-state index is -0.736. The van der Waals surface area contributed by atoms with Crippen LogP contribution in [-0.2, 0) is 16.1 Å². The van der Waals surface area contributed by atoms with E-state index in [0.29, 0.717) is 22.7 Å². The van der Waals surface area contributed by atoms with Gasteiger partial charge >= 0.3 is 11.9 Å². The summed E-state index contributed by atoms with van der Waals surface area (Å²) >= 11 is 0. The predicted molar refractivity (Wildman–Crippen MR) is 134 cm³/mol. The molecule has 0 spiro atoms. The number of methoxy groups -OCH3 is 3. The van der Waals surface area contributed by atoms with Crippen molar-refractivity contribution in [3.8, 4) is 28.4 Å². The normalized spacial score (nSPS) is 10.6. The molecule has 0 N–H and O–H groups in total. The van der Waals surface area contributed by atoms with Gasteiger partial charge in [0.1, 0.15) is 17.9 Å². The topological polar surface area (TPSA) is 88.9 Å². The standard InChI is InChI=1S/C28H26N2O6/c1-18-13-15-19(16-14-18)17-36-26-21(11-8-12-22(26)33-2)24-23(27(31)34-3)25(28(32)35-4)30(29-24)20-9-6-5-7-10-20/h5-16H,17H2,1-4H3. The van der Waals surface area contributed by atoms with Crippen LogP contribution in [0.2, 0.25) is 0 Å². The molecule has 0 aliphatic carbocycles. The Morgan fingerprint density at radius 1 is 0.833 bits per heavy atom. The molecule has 0 bridgehead atoms. The Balaban J connectivity index is 1.93. The van der Waals surface area contributed by atoms with Crippen molar-refractivity contribution in [1.29, 1.82) is 0 Å². The summed E-state index contributed by atoms with van der Waals surface area (Å²) in [5, 5.41) is 4.67. The van der Waals surface area contributed by atoms with Gasteiger partial charge in [0.15, 0.2) is 17.2 Å². The number of nitrogens with zero attached hydrogens (tertiary/aromatic N) is 2. The van der Waals surface area contributed by atoms with Crippen molar-refractivity contribution in [2.45, 2.75) is 13.5 Å². The zero-order valence-electron chi connectivity index (χ0n) is 20.5. The minimum Gasteiger partial charge on any atom is -0.493 e. The van der Waals surface area contributed by atoms with E-state index in [0.717, 1.165) is 11.1 Å². The Hall–Kier alpha value is -4.59. The monoisotopic (exact) mass is 486 g/mol. The second-order valence-electron chi connectivity index (χ2n) is 7.91. The molecule has 0 fully saturated rings. The molecule has 1 aromatic heterocycles. The van der Waals surface area contributed by atoms with E-state index in [1.807, 2.05) is 37.3 Å². The molecule has 8 nitrogen and oxygen atoms in total. The van der Waals surface area contributed by atoms with Crippen LogP contribution in [0.4, 0.5) is 0 Å². The van der Waals surface area contributed by atoms with Gasteiger partial charge in [0.05, 0.1) is 27.0 Å². The van der Waals surface area contributed by atoms with E-state index in [4.69, 9.17) is 18.9 Å². The highest BCUT2D eigenvalue weighted by Gasteiger charge is 2.33. The lowest BCUT2D eigenvalue weighted by molar-refractivity contribution is 0.0549. The van der Waals surface area contributed by atoms with Gasteiger partial charge < -0.3 is 18.9 Å². The quantitative estimate of drug-likeness (QED) is 0.324. The second kappa shape index (κ2) is 10.8. The summed E-state index contributed by atoms with van der Waals surface area (Å²) in [7, 11) is 4.02. The third kappa shape index (κ3) is 4.79. The number of para-hydroxylation sites is 2. The minimum absolute atomic E-state index is 0.0401. The van der Waals surface area contributed by atoms with E-state index in [2.05, 4.69) is 5.10 Å². The van der Waals surface area contributed by atoms with Crippen LogP contribution in [0.25, 0.3) is 16.9 Å². The number of ether oxygens (including phenoxy) is 4. The van der Waals surface area contributed by atoms with E-state index in [1.165, 1.54) is 26.0 Å². The Kier molecular flexibility index (Phi) is 7.34. The van der Waals surface area contributed by atoms with Crippen LogP contribution in [0, 0.1) is 6.92 Å². The van der Waals surface area contributed by atoms with Crippen molar-refractivity contribution in [3.63, 3.8) is 0 Å². The van der Waals surface area contributed by atoms with Crippen molar-refractivity contribution >= 4 is 11.9 Å². The lowest BCUT2D eigenvalue weighted by Gasteiger charge is -2.15. The molecule has 8 heteroatoms. The Labute approximate surface area is 209 Å². The number of aromatic nitrogens is 2. The van der Waals surface area contributed by atoms with Gasteiger partial charge in [0.2, 0.25) is 0 Å². The summed E-state index contributed by atoms with van der Waals surface area (Å²) in [6, 6.07) is 22.2. The molecular formula is C28H26N2O6. The molecule has 0 amide bonds. The molecule has 4 rings (SSSR count). The van der Waals surface area contributed by atoms with Crippen LogP contribution in [-0.4, -0.2) is 43.0 Å². The van der Waals surface area contributed by atoms with Gasteiger partial charge in [-0.3, -0.25) is 0 Å². The van der Waals surface area contributed by atoms with Gasteiger partial charge in [-0.1, -0.05) is 54.1 Å². The summed E-state index contributed by atoms with van der Waals surface area (Å²) in [5.74, 6) is -0.646. The summed E-state index contributed by atoms with van der Waals surface area (Å²) < 4.78 is 23.2. The fraction of sp³-hybridized carbons (Fsp3) is 0.179. The number of rotatable bonds is 8. The SMILES string of the molecule is COC(=O)c1c(-c2cccc(OC)c2OCc2ccc(C)cc2)nn(-c2ccccc2)c1C(=O)OC. The maximum Gasteiger partial charge on any atom is 0.357 e. The smallest absolute Gasteiger partial charge is 0.357 e. The maximum absolute atomic E-state index is 13.0. The van der Waals surface area contributed by atoms with Gasteiger partial charge in [-0.25, -0.2) is 14.3 Å². The van der Waals surface area contributed by atoms with Crippen molar-refractivity contribution in [2.75, 3.05) is 21.3 Å². The molecule has 0 saturated carbocycles. The molecule has 0 saturated heterocycles. The maximum atomic E-state index is 13.0. The van der Waals surface area contributed by atoms with Crippen molar-refractivity contribution in [1.82, 2.24) is 9.78 Å². The Morgan fingerprint density at radius 2 is 1.53 bits per heavy atom. The van der Waals surface area contributed by atoms with Crippen LogP contribution in [0.1, 0.15) is 32.0 Å². The summed E-state index contributed by atoms with van der Waals surface area (Å²) in [6.07, 6.45) is 0. The molecular weight excluding hydrogens is 460 g/mol. The number of benzene rings is 3. The van der Waals surface area contributed by atoms with E-state index in [-0.39, 0.29) is 23.6 Å². The molecule has 0 unspecified atom stereocenters. The van der Waals surface area contributed by atoms with Crippen LogP contribution in [0.3, 0.4) is 0 Å². The second-order valence-corrected chi connectivity index (χ2v) is 7.91. The molecule has 0 aliphatic rings. The van der Waals surface area contributed by atoms with Gasteiger partial charge in [0.25, 0.3) is 0 Å². The van der Waals surface area contributed by atoms with Crippen molar-refractivity contribution in [3.05, 3.63) is 95.2 Å². The first-order chi connectivity index (χ1) is 17.5. The number of carbonyl (C=O) groups is 2. The molecule has 1 heterocycles. The first-order valence-corrected chi connectivity index (χ1v) is 11.2. The first-order valence-electron chi connectivity index (χ1n) is 11.2. The molecule has 4 aromatic rings. The third-order valence-electron chi connectivity index (χ3n) is 5.61. The predicted octanol–water partition coefficient (Wildman–Crippen LogP) is 5.01. The highest BCUT2D eigenvalue weighted by atomic mass is 16.5. The third-order valence-corrected chi connectivity index (χ3v) is 5.61. The average Bonchev–Trinajstić information content (AvgIpc) is 3.32. The highest BCUT2D eigenvalue weighted by molar-refractivity contribution is 6.07. The number of carbonyl (C=O) groups excluding carboxylic acids is 2. The zero-order chi connectivity index (χ0) is 25.7.